The van der Waals surface area contributed by atoms with Gasteiger partial charge < -0.3 is 9.90 Å². The molecular weight excluding hydrogens is 120 g/mol. The predicted molar refractivity (Wildman–Crippen MR) is 32.2 cm³/mol. The van der Waals surface area contributed by atoms with E-state index >= 15 is 0 Å². The third-order valence-corrected chi connectivity index (χ3v) is 0.624. The first kappa shape index (κ1) is 2.82. The quantitative estimate of drug-likeness (QED) is 0.621. The Morgan fingerprint density at radius 3 is 2.89 bits per heavy atom. The van der Waals surface area contributed by atoms with Crippen LogP contribution < -0.4 is 0 Å². The van der Waals surface area contributed by atoms with Crippen LogP contribution >= 0.6 is 0 Å². The van der Waals surface area contributed by atoms with E-state index in [1.807, 2.05) is 0 Å². The van der Waals surface area contributed by atoms with Gasteiger partial charge in [-0.15, -0.1) is 0 Å². The predicted octanol–water partition coefficient (Wildman–Crippen LogP) is 0.830. The molecule has 0 fully saturated rings. The first-order valence-electron chi connectivity index (χ1n) is 4.84. The van der Waals surface area contributed by atoms with E-state index in [2.05, 4.69) is 0 Å². The zero-order valence-electron chi connectivity index (χ0n) is 9.68. The average molecular weight is 135 g/mol. The van der Waals surface area contributed by atoms with Gasteiger partial charge in [0, 0.05) is 19.6 Å². The molecule has 0 aromatic carbocycles. The Bertz CT molecular complexity index is 244. The lowest BCUT2D eigenvalue weighted by molar-refractivity contribution is -0.137. The summed E-state index contributed by atoms with van der Waals surface area (Å²) in [7, 11) is 0. The smallest absolute Gasteiger partial charge is 0.303 e. The van der Waals surface area contributed by atoms with Crippen LogP contribution in [0.15, 0.2) is 0 Å². The SMILES string of the molecule is [2H]C([2H])([2H])C(=O)C([2H])([2H])CCC(=O)O. The van der Waals surface area contributed by atoms with Crippen molar-refractivity contribution < 1.29 is 21.5 Å². The van der Waals surface area contributed by atoms with Gasteiger partial charge in [0.05, 0.1) is 0 Å². The maximum Gasteiger partial charge on any atom is 0.303 e. The van der Waals surface area contributed by atoms with Gasteiger partial charge in [-0.3, -0.25) is 4.79 Å². The minimum atomic E-state index is -3.03. The van der Waals surface area contributed by atoms with Crippen molar-refractivity contribution in [3.05, 3.63) is 0 Å². The highest BCUT2D eigenvalue weighted by Gasteiger charge is 1.97. The molecule has 52 valence electrons. The number of hydrogen-bond acceptors (Lipinski definition) is 2. The third kappa shape index (κ3) is 7.14. The lowest BCUT2D eigenvalue weighted by atomic mass is 10.2. The molecule has 0 spiro atoms. The van der Waals surface area contributed by atoms with Gasteiger partial charge in [-0.25, -0.2) is 0 Å². The summed E-state index contributed by atoms with van der Waals surface area (Å²) in [5.74, 6) is -2.82. The van der Waals surface area contributed by atoms with Crippen LogP contribution in [0, 0.1) is 0 Å². The molecular formula is C6H10O3. The fourth-order valence-electron chi connectivity index (χ4n) is 0.283. The summed E-state index contributed by atoms with van der Waals surface area (Å²) in [6, 6.07) is 0. The Kier molecular flexibility index (Phi) is 1.27. The van der Waals surface area contributed by atoms with Crippen molar-refractivity contribution in [2.24, 2.45) is 0 Å². The first-order valence-corrected chi connectivity index (χ1v) is 2.34. The minimum Gasteiger partial charge on any atom is -0.481 e. The molecule has 0 rings (SSSR count). The lowest BCUT2D eigenvalue weighted by Crippen LogP contribution is -1.96. The molecule has 9 heavy (non-hydrogen) atoms. The number of carbonyl (C=O) groups excluding carboxylic acids is 1. The maximum atomic E-state index is 11.0. The van der Waals surface area contributed by atoms with E-state index in [0.717, 1.165) is 0 Å². The van der Waals surface area contributed by atoms with Gasteiger partial charge in [-0.1, -0.05) is 0 Å². The van der Waals surface area contributed by atoms with Gasteiger partial charge in [0.2, 0.25) is 0 Å². The number of hydrogen-bond donors (Lipinski definition) is 1. The highest BCUT2D eigenvalue weighted by molar-refractivity contribution is 5.76. The summed E-state index contributed by atoms with van der Waals surface area (Å²) in [6.45, 7) is -3.03. The molecule has 3 nitrogen and oxygen atoms in total. The normalized spacial score (nSPS) is 20.2. The maximum absolute atomic E-state index is 11.0. The van der Waals surface area contributed by atoms with E-state index in [1.165, 1.54) is 0 Å². The van der Waals surface area contributed by atoms with Crippen LogP contribution in [-0.4, -0.2) is 16.9 Å². The molecule has 0 amide bonds. The van der Waals surface area contributed by atoms with Crippen LogP contribution in [0.1, 0.15) is 32.9 Å². The van der Waals surface area contributed by atoms with E-state index in [0.29, 0.717) is 0 Å². The van der Waals surface area contributed by atoms with Gasteiger partial charge in [-0.05, 0) is 13.3 Å². The van der Waals surface area contributed by atoms with Crippen LogP contribution in [0.4, 0.5) is 0 Å². The van der Waals surface area contributed by atoms with Crippen LogP contribution in [0.25, 0.3) is 0 Å². The van der Waals surface area contributed by atoms with E-state index in [4.69, 9.17) is 12.0 Å². The van der Waals surface area contributed by atoms with E-state index in [9.17, 15) is 9.59 Å². The number of ketones is 1. The number of aliphatic carboxylic acids is 1. The molecule has 0 aliphatic rings. The van der Waals surface area contributed by atoms with Crippen LogP contribution in [0.5, 0.6) is 0 Å². The second kappa shape index (κ2) is 4.06. The number of rotatable bonds is 4. The Hall–Kier alpha value is -0.860. The van der Waals surface area contributed by atoms with Crippen molar-refractivity contribution in [1.82, 2.24) is 0 Å². The van der Waals surface area contributed by atoms with Crippen LogP contribution in [0.2, 0.25) is 0 Å². The number of carboxylic acid groups (broad SMARTS) is 1. The molecule has 0 aromatic rings. The fourth-order valence-corrected chi connectivity index (χ4v) is 0.283. The minimum absolute atomic E-state index is 0.575. The van der Waals surface area contributed by atoms with Crippen molar-refractivity contribution in [3.8, 4) is 0 Å². The van der Waals surface area contributed by atoms with Gasteiger partial charge >= 0.3 is 5.97 Å². The monoisotopic (exact) mass is 135 g/mol. The molecule has 0 saturated heterocycles. The summed E-state index contributed by atoms with van der Waals surface area (Å²) >= 11 is 0. The zero-order valence-corrected chi connectivity index (χ0v) is 4.68. The number of carboxylic acids is 1. The molecule has 0 aromatic heterocycles. The average Bonchev–Trinajstić information content (AvgIpc) is 1.98. The van der Waals surface area contributed by atoms with Gasteiger partial charge in [0.15, 0.2) is 0 Å². The Balaban J connectivity index is 4.46. The third-order valence-electron chi connectivity index (χ3n) is 0.624. The van der Waals surface area contributed by atoms with E-state index < -0.39 is 37.8 Å². The lowest BCUT2D eigenvalue weighted by Gasteiger charge is -1.89. The van der Waals surface area contributed by atoms with Gasteiger partial charge in [0.1, 0.15) is 5.78 Å². The van der Waals surface area contributed by atoms with Crippen molar-refractivity contribution in [2.45, 2.75) is 26.1 Å². The zero-order chi connectivity index (χ0) is 11.6. The summed E-state index contributed by atoms with van der Waals surface area (Å²) < 4.78 is 34.2. The second-order valence-corrected chi connectivity index (χ2v) is 1.40. The first-order chi connectivity index (χ1) is 6.07. The molecule has 0 aliphatic heterocycles. The standard InChI is InChI=1S/C6H10O3/c1-5(7)3-2-4-6(8)9/h2-4H2,1H3,(H,8,9)/i1D3,3D2. The molecule has 0 unspecified atom stereocenters. The van der Waals surface area contributed by atoms with Crippen molar-refractivity contribution >= 4 is 11.8 Å². The summed E-state index contributed by atoms with van der Waals surface area (Å²) in [5.41, 5.74) is 0. The van der Waals surface area contributed by atoms with Crippen LogP contribution in [-0.2, 0) is 9.59 Å². The van der Waals surface area contributed by atoms with Crippen molar-refractivity contribution in [3.63, 3.8) is 0 Å². The molecule has 0 heterocycles. The van der Waals surface area contributed by atoms with Crippen molar-refractivity contribution in [1.29, 1.82) is 0 Å². The topological polar surface area (TPSA) is 54.4 Å². The molecule has 1 N–H and O–H groups in total. The highest BCUT2D eigenvalue weighted by atomic mass is 16.4. The summed E-state index contributed by atoms with van der Waals surface area (Å²) in [5, 5.41) is 8.24. The number of Topliss-reactive ketones (excluding diaryl/α,β-unsaturated/α-hetero) is 1. The summed E-state index contributed by atoms with van der Waals surface area (Å²) in [4.78, 5) is 21.1. The molecule has 3 heteroatoms. The number of carbonyl (C=O) groups is 2. The Labute approximate surface area is 60.7 Å². The van der Waals surface area contributed by atoms with Crippen LogP contribution in [0.3, 0.4) is 0 Å². The van der Waals surface area contributed by atoms with Crippen molar-refractivity contribution in [2.75, 3.05) is 0 Å². The van der Waals surface area contributed by atoms with E-state index in [-0.39, 0.29) is 0 Å². The molecule has 0 aliphatic carbocycles. The molecule has 0 saturated carbocycles. The Morgan fingerprint density at radius 1 is 1.78 bits per heavy atom. The molecule has 0 atom stereocenters. The van der Waals surface area contributed by atoms with E-state index in [1.54, 1.807) is 0 Å². The molecule has 0 bridgehead atoms. The van der Waals surface area contributed by atoms with Gasteiger partial charge in [0.25, 0.3) is 0 Å². The largest absolute Gasteiger partial charge is 0.481 e. The Morgan fingerprint density at radius 2 is 2.44 bits per heavy atom. The second-order valence-electron chi connectivity index (χ2n) is 1.40. The molecule has 0 radical (unpaired) electrons. The fraction of sp³-hybridized carbons (Fsp3) is 0.667. The summed E-state index contributed by atoms with van der Waals surface area (Å²) in [6.07, 6.45) is -3.81. The highest BCUT2D eigenvalue weighted by Crippen LogP contribution is 1.94. The van der Waals surface area contributed by atoms with Gasteiger partial charge in [-0.2, -0.15) is 0 Å².